The van der Waals surface area contributed by atoms with Gasteiger partial charge in [-0.3, -0.25) is 0 Å². The number of para-hydroxylation sites is 1. The molecule has 5 aromatic rings. The van der Waals surface area contributed by atoms with E-state index in [0.29, 0.717) is 0 Å². The zero-order valence-corrected chi connectivity index (χ0v) is 14.9. The van der Waals surface area contributed by atoms with Gasteiger partial charge in [0.05, 0.1) is 0 Å². The molecule has 2 heteroatoms. The lowest BCUT2D eigenvalue weighted by atomic mass is 9.99. The summed E-state index contributed by atoms with van der Waals surface area (Å²) in [5, 5.41) is 4.89. The fourth-order valence-electron chi connectivity index (χ4n) is 3.37. The number of halogens is 1. The highest BCUT2D eigenvalue weighted by Crippen LogP contribution is 2.38. The van der Waals surface area contributed by atoms with Gasteiger partial charge in [-0.15, -0.1) is 0 Å². The van der Waals surface area contributed by atoms with Crippen LogP contribution in [0.15, 0.2) is 83.3 Å². The number of rotatable bonds is 1. The highest BCUT2D eigenvalue weighted by atomic mass is 127. The van der Waals surface area contributed by atoms with Crippen LogP contribution >= 0.6 is 22.6 Å². The molecule has 114 valence electrons. The Labute approximate surface area is 153 Å². The van der Waals surface area contributed by atoms with E-state index in [1.54, 1.807) is 0 Å². The first-order chi connectivity index (χ1) is 11.8. The Hall–Kier alpha value is -2.33. The molecule has 0 unspecified atom stereocenters. The van der Waals surface area contributed by atoms with Crippen molar-refractivity contribution in [3.63, 3.8) is 0 Å². The first kappa shape index (κ1) is 14.1. The van der Waals surface area contributed by atoms with E-state index < -0.39 is 0 Å². The van der Waals surface area contributed by atoms with Crippen LogP contribution in [0.2, 0.25) is 0 Å². The molecule has 0 bridgehead atoms. The molecule has 0 amide bonds. The molecule has 1 heterocycles. The lowest BCUT2D eigenvalue weighted by Crippen LogP contribution is -1.82. The van der Waals surface area contributed by atoms with Crippen molar-refractivity contribution >= 4 is 55.3 Å². The van der Waals surface area contributed by atoms with E-state index in [2.05, 4.69) is 89.3 Å². The summed E-state index contributed by atoms with van der Waals surface area (Å²) in [4.78, 5) is 0. The predicted molar refractivity (Wildman–Crippen MR) is 109 cm³/mol. The quantitative estimate of drug-likeness (QED) is 0.266. The summed E-state index contributed by atoms with van der Waals surface area (Å²) in [5.41, 5.74) is 4.25. The summed E-state index contributed by atoms with van der Waals surface area (Å²) in [6.07, 6.45) is 0. The van der Waals surface area contributed by atoms with E-state index in [4.69, 9.17) is 4.42 Å². The molecule has 0 saturated heterocycles. The highest BCUT2D eigenvalue weighted by molar-refractivity contribution is 14.1. The second-order valence-corrected chi connectivity index (χ2v) is 7.12. The maximum atomic E-state index is 6.23. The molecule has 0 aliphatic rings. The number of fused-ring (bicyclic) bond motifs is 4. The van der Waals surface area contributed by atoms with Crippen LogP contribution in [0.5, 0.6) is 0 Å². The Bertz CT molecular complexity index is 1220. The van der Waals surface area contributed by atoms with Crippen LogP contribution < -0.4 is 0 Å². The number of hydrogen-bond acceptors (Lipinski definition) is 1. The van der Waals surface area contributed by atoms with Crippen LogP contribution in [-0.4, -0.2) is 0 Å². The molecule has 5 rings (SSSR count). The van der Waals surface area contributed by atoms with Crippen molar-refractivity contribution in [3.8, 4) is 11.1 Å². The predicted octanol–water partition coefficient (Wildman–Crippen LogP) is 7.01. The fraction of sp³-hybridized carbons (Fsp3) is 0. The molecule has 0 fully saturated rings. The fourth-order valence-corrected chi connectivity index (χ4v) is 4.09. The first-order valence-corrected chi connectivity index (χ1v) is 8.98. The third-order valence-corrected chi connectivity index (χ3v) is 5.43. The minimum atomic E-state index is 0.943. The Morgan fingerprint density at radius 2 is 1.50 bits per heavy atom. The molecule has 0 aliphatic heterocycles. The standard InChI is InChI=1S/C22H13IO/c23-19-12-11-17(16-10-9-14-5-1-2-6-15(14)13-16)22-21(19)18-7-3-4-8-20(18)24-22/h1-13H. The largest absolute Gasteiger partial charge is 0.455 e. The van der Waals surface area contributed by atoms with E-state index in [0.717, 1.165) is 16.7 Å². The topological polar surface area (TPSA) is 13.1 Å². The summed E-state index contributed by atoms with van der Waals surface area (Å²) in [6, 6.07) is 27.6. The van der Waals surface area contributed by atoms with Gasteiger partial charge in [0.15, 0.2) is 0 Å². The third-order valence-electron chi connectivity index (χ3n) is 4.54. The Morgan fingerprint density at radius 1 is 0.708 bits per heavy atom. The highest BCUT2D eigenvalue weighted by Gasteiger charge is 2.14. The first-order valence-electron chi connectivity index (χ1n) is 7.90. The molecule has 0 radical (unpaired) electrons. The van der Waals surface area contributed by atoms with Crippen molar-refractivity contribution in [1.29, 1.82) is 0 Å². The van der Waals surface area contributed by atoms with Crippen LogP contribution in [0.4, 0.5) is 0 Å². The van der Waals surface area contributed by atoms with Gasteiger partial charge in [-0.25, -0.2) is 0 Å². The summed E-state index contributed by atoms with van der Waals surface area (Å²) < 4.78 is 7.45. The van der Waals surface area contributed by atoms with Crippen LogP contribution in [0.1, 0.15) is 0 Å². The molecular formula is C22H13IO. The molecule has 0 aliphatic carbocycles. The molecule has 1 aromatic heterocycles. The Kier molecular flexibility index (Phi) is 3.13. The lowest BCUT2D eigenvalue weighted by Gasteiger charge is -2.06. The monoisotopic (exact) mass is 420 g/mol. The van der Waals surface area contributed by atoms with E-state index in [1.165, 1.54) is 30.7 Å². The maximum Gasteiger partial charge on any atom is 0.144 e. The molecule has 0 atom stereocenters. The molecular weight excluding hydrogens is 407 g/mol. The lowest BCUT2D eigenvalue weighted by molar-refractivity contribution is 0.670. The molecule has 0 saturated carbocycles. The minimum absolute atomic E-state index is 0.943. The average molecular weight is 420 g/mol. The smallest absolute Gasteiger partial charge is 0.144 e. The average Bonchev–Trinajstić information content (AvgIpc) is 3.02. The van der Waals surface area contributed by atoms with Gasteiger partial charge in [0.2, 0.25) is 0 Å². The number of hydrogen-bond donors (Lipinski definition) is 0. The summed E-state index contributed by atoms with van der Waals surface area (Å²) in [7, 11) is 0. The summed E-state index contributed by atoms with van der Waals surface area (Å²) in [6.45, 7) is 0. The summed E-state index contributed by atoms with van der Waals surface area (Å²) in [5.74, 6) is 0. The molecule has 0 spiro atoms. The Balaban J connectivity index is 1.87. The van der Waals surface area contributed by atoms with Crippen molar-refractivity contribution in [2.24, 2.45) is 0 Å². The van der Waals surface area contributed by atoms with Crippen LogP contribution in [0, 0.1) is 3.57 Å². The van der Waals surface area contributed by atoms with Gasteiger partial charge >= 0.3 is 0 Å². The van der Waals surface area contributed by atoms with Crippen molar-refractivity contribution in [1.82, 2.24) is 0 Å². The minimum Gasteiger partial charge on any atom is -0.455 e. The van der Waals surface area contributed by atoms with Crippen molar-refractivity contribution in [2.45, 2.75) is 0 Å². The molecule has 1 nitrogen and oxygen atoms in total. The van der Waals surface area contributed by atoms with Crippen LogP contribution in [0.25, 0.3) is 43.8 Å². The van der Waals surface area contributed by atoms with Gasteiger partial charge in [-0.2, -0.15) is 0 Å². The zero-order valence-electron chi connectivity index (χ0n) is 12.8. The van der Waals surface area contributed by atoms with Gasteiger partial charge in [0, 0.05) is 19.9 Å². The van der Waals surface area contributed by atoms with Crippen molar-refractivity contribution in [2.75, 3.05) is 0 Å². The summed E-state index contributed by atoms with van der Waals surface area (Å²) >= 11 is 2.39. The van der Waals surface area contributed by atoms with Gasteiger partial charge < -0.3 is 4.42 Å². The van der Waals surface area contributed by atoms with E-state index in [9.17, 15) is 0 Å². The molecule has 4 aromatic carbocycles. The maximum absolute atomic E-state index is 6.23. The SMILES string of the molecule is Ic1ccc(-c2ccc3ccccc3c2)c2oc3ccccc3c12. The zero-order chi connectivity index (χ0) is 16.1. The second-order valence-electron chi connectivity index (χ2n) is 5.96. The number of benzene rings is 4. The van der Waals surface area contributed by atoms with E-state index in [1.807, 2.05) is 12.1 Å². The van der Waals surface area contributed by atoms with Gasteiger partial charge in [0.25, 0.3) is 0 Å². The van der Waals surface area contributed by atoms with Crippen LogP contribution in [-0.2, 0) is 0 Å². The van der Waals surface area contributed by atoms with Gasteiger partial charge in [0.1, 0.15) is 11.2 Å². The molecule has 0 N–H and O–H groups in total. The van der Waals surface area contributed by atoms with E-state index >= 15 is 0 Å². The second kappa shape index (κ2) is 5.35. The normalized spacial score (nSPS) is 11.5. The third kappa shape index (κ3) is 2.06. The van der Waals surface area contributed by atoms with E-state index in [-0.39, 0.29) is 0 Å². The van der Waals surface area contributed by atoms with Gasteiger partial charge in [-0.05, 0) is 63.2 Å². The van der Waals surface area contributed by atoms with Crippen LogP contribution in [0.3, 0.4) is 0 Å². The van der Waals surface area contributed by atoms with Gasteiger partial charge in [-0.1, -0.05) is 54.6 Å². The number of furan rings is 1. The van der Waals surface area contributed by atoms with Crippen molar-refractivity contribution < 1.29 is 4.42 Å². The Morgan fingerprint density at radius 3 is 2.42 bits per heavy atom. The van der Waals surface area contributed by atoms with Crippen molar-refractivity contribution in [3.05, 3.63) is 82.4 Å². The molecule has 24 heavy (non-hydrogen) atoms.